The number of rotatable bonds is 4. The van der Waals surface area contributed by atoms with Gasteiger partial charge in [-0.2, -0.15) is 11.8 Å². The summed E-state index contributed by atoms with van der Waals surface area (Å²) in [7, 11) is 0. The van der Waals surface area contributed by atoms with Gasteiger partial charge in [0.05, 0.1) is 17.4 Å². The van der Waals surface area contributed by atoms with Crippen molar-refractivity contribution >= 4 is 28.7 Å². The number of benzene rings is 1. The molecule has 2 aliphatic heterocycles. The maximum Gasteiger partial charge on any atom is 0.224 e. The van der Waals surface area contributed by atoms with Gasteiger partial charge in [0, 0.05) is 56.7 Å². The van der Waals surface area contributed by atoms with E-state index in [9.17, 15) is 4.79 Å². The van der Waals surface area contributed by atoms with E-state index < -0.39 is 0 Å². The van der Waals surface area contributed by atoms with Gasteiger partial charge in [-0.25, -0.2) is 4.98 Å². The van der Waals surface area contributed by atoms with Gasteiger partial charge >= 0.3 is 0 Å². The van der Waals surface area contributed by atoms with Gasteiger partial charge in [-0.1, -0.05) is 12.1 Å². The van der Waals surface area contributed by atoms with Gasteiger partial charge in [-0.05, 0) is 25.0 Å². The molecule has 2 saturated heterocycles. The number of carbonyl (C=O) groups excluding carboxylic acids is 1. The average Bonchev–Trinajstić information content (AvgIpc) is 3.10. The summed E-state index contributed by atoms with van der Waals surface area (Å²) in [4.78, 5) is 21.7. The van der Waals surface area contributed by atoms with E-state index in [1.807, 2.05) is 24.5 Å². The van der Waals surface area contributed by atoms with Crippen LogP contribution in [0.3, 0.4) is 0 Å². The lowest BCUT2D eigenvalue weighted by Gasteiger charge is -2.40. The molecular weight excluding hydrogens is 332 g/mol. The highest BCUT2D eigenvalue weighted by molar-refractivity contribution is 7.99. The van der Waals surface area contributed by atoms with E-state index in [1.54, 1.807) is 0 Å². The first kappa shape index (κ1) is 16.9. The van der Waals surface area contributed by atoms with Crippen LogP contribution >= 0.6 is 11.8 Å². The SMILES string of the molecule is O=C(CCn1cnc2ccccc21)N1CCC(N2CCSCC2)CC1. The number of aryl methyl sites for hydroxylation is 1. The van der Waals surface area contributed by atoms with Crippen LogP contribution in [-0.2, 0) is 11.3 Å². The lowest BCUT2D eigenvalue weighted by atomic mass is 10.0. The van der Waals surface area contributed by atoms with Gasteiger partial charge < -0.3 is 9.47 Å². The van der Waals surface area contributed by atoms with Gasteiger partial charge in [0.25, 0.3) is 0 Å². The third-order valence-corrected chi connectivity index (χ3v) is 6.42. The van der Waals surface area contributed by atoms with Crippen molar-refractivity contribution in [2.45, 2.75) is 31.8 Å². The molecule has 0 saturated carbocycles. The second-order valence-corrected chi connectivity index (χ2v) is 8.16. The van der Waals surface area contributed by atoms with Crippen LogP contribution < -0.4 is 0 Å². The predicted molar refractivity (Wildman–Crippen MR) is 103 cm³/mol. The Morgan fingerprint density at radius 3 is 2.68 bits per heavy atom. The van der Waals surface area contributed by atoms with Crippen LogP contribution in [0.25, 0.3) is 11.0 Å². The van der Waals surface area contributed by atoms with Gasteiger partial charge in [-0.15, -0.1) is 0 Å². The monoisotopic (exact) mass is 358 g/mol. The largest absolute Gasteiger partial charge is 0.343 e. The fourth-order valence-corrected chi connectivity index (χ4v) is 4.92. The molecule has 5 nitrogen and oxygen atoms in total. The Kier molecular flexibility index (Phi) is 5.27. The fraction of sp³-hybridized carbons (Fsp3) is 0.579. The topological polar surface area (TPSA) is 41.4 Å². The summed E-state index contributed by atoms with van der Waals surface area (Å²) in [5, 5.41) is 0. The molecule has 25 heavy (non-hydrogen) atoms. The second-order valence-electron chi connectivity index (χ2n) is 6.94. The standard InChI is InChI=1S/C19H26N4OS/c24-19(7-10-23-15-20-17-3-1-2-4-18(17)23)22-8-5-16(6-9-22)21-11-13-25-14-12-21/h1-4,15-16H,5-14H2. The number of carbonyl (C=O) groups is 1. The van der Waals surface area contributed by atoms with E-state index in [0.717, 1.165) is 37.0 Å². The summed E-state index contributed by atoms with van der Waals surface area (Å²) in [6, 6.07) is 8.78. The quantitative estimate of drug-likeness (QED) is 0.842. The van der Waals surface area contributed by atoms with Gasteiger partial charge in [-0.3, -0.25) is 9.69 Å². The average molecular weight is 359 g/mol. The fourth-order valence-electron chi connectivity index (χ4n) is 3.99. The molecule has 0 N–H and O–H groups in total. The molecule has 1 amide bonds. The number of hydrogen-bond acceptors (Lipinski definition) is 4. The van der Waals surface area contributed by atoms with Gasteiger partial charge in [0.1, 0.15) is 0 Å². The van der Waals surface area contributed by atoms with E-state index in [1.165, 1.54) is 24.6 Å². The highest BCUT2D eigenvalue weighted by atomic mass is 32.2. The van der Waals surface area contributed by atoms with Crippen molar-refractivity contribution in [2.24, 2.45) is 0 Å². The maximum atomic E-state index is 12.6. The van der Waals surface area contributed by atoms with Crippen molar-refractivity contribution in [1.29, 1.82) is 0 Å². The third kappa shape index (κ3) is 3.85. The molecule has 0 bridgehead atoms. The summed E-state index contributed by atoms with van der Waals surface area (Å²) in [5.41, 5.74) is 2.10. The lowest BCUT2D eigenvalue weighted by molar-refractivity contribution is -0.133. The van der Waals surface area contributed by atoms with E-state index in [4.69, 9.17) is 0 Å². The molecule has 0 atom stereocenters. The first-order valence-electron chi connectivity index (χ1n) is 9.31. The van der Waals surface area contributed by atoms with E-state index in [0.29, 0.717) is 19.0 Å². The first-order valence-corrected chi connectivity index (χ1v) is 10.5. The molecule has 0 aliphatic carbocycles. The van der Waals surface area contributed by atoms with Crippen LogP contribution in [0.1, 0.15) is 19.3 Å². The zero-order valence-electron chi connectivity index (χ0n) is 14.6. The van der Waals surface area contributed by atoms with Crippen molar-refractivity contribution < 1.29 is 4.79 Å². The van der Waals surface area contributed by atoms with Crippen LogP contribution in [0.15, 0.2) is 30.6 Å². The number of thioether (sulfide) groups is 1. The maximum absolute atomic E-state index is 12.6. The van der Waals surface area contributed by atoms with Crippen LogP contribution in [0.4, 0.5) is 0 Å². The number of imidazole rings is 1. The number of likely N-dealkylation sites (tertiary alicyclic amines) is 1. The molecule has 3 heterocycles. The third-order valence-electron chi connectivity index (χ3n) is 5.47. The Balaban J connectivity index is 1.27. The minimum Gasteiger partial charge on any atom is -0.343 e. The van der Waals surface area contributed by atoms with E-state index in [-0.39, 0.29) is 5.91 Å². The molecular formula is C19H26N4OS. The minimum atomic E-state index is 0.283. The van der Waals surface area contributed by atoms with Gasteiger partial charge in [0.15, 0.2) is 0 Å². The zero-order chi connectivity index (χ0) is 17.1. The number of piperidine rings is 1. The molecule has 2 aromatic rings. The molecule has 0 spiro atoms. The molecule has 6 heteroatoms. The van der Waals surface area contributed by atoms with Crippen molar-refractivity contribution in [3.05, 3.63) is 30.6 Å². The molecule has 2 fully saturated rings. The van der Waals surface area contributed by atoms with Crippen molar-refractivity contribution in [2.75, 3.05) is 37.7 Å². The summed E-state index contributed by atoms with van der Waals surface area (Å²) in [6.07, 6.45) is 4.67. The molecule has 1 aromatic carbocycles. The Morgan fingerprint density at radius 1 is 1.12 bits per heavy atom. The Hall–Kier alpha value is -1.53. The van der Waals surface area contributed by atoms with E-state index >= 15 is 0 Å². The highest BCUT2D eigenvalue weighted by Crippen LogP contribution is 2.21. The highest BCUT2D eigenvalue weighted by Gasteiger charge is 2.27. The normalized spacial score (nSPS) is 20.2. The number of para-hydroxylation sites is 2. The first-order chi connectivity index (χ1) is 12.3. The minimum absolute atomic E-state index is 0.283. The molecule has 134 valence electrons. The summed E-state index contributed by atoms with van der Waals surface area (Å²) >= 11 is 2.06. The van der Waals surface area contributed by atoms with Crippen molar-refractivity contribution in [1.82, 2.24) is 19.4 Å². The molecule has 4 rings (SSSR count). The van der Waals surface area contributed by atoms with Crippen molar-refractivity contribution in [3.63, 3.8) is 0 Å². The number of amides is 1. The van der Waals surface area contributed by atoms with Crippen LogP contribution in [-0.4, -0.2) is 69.0 Å². The molecule has 1 aromatic heterocycles. The van der Waals surface area contributed by atoms with Crippen LogP contribution in [0.2, 0.25) is 0 Å². The molecule has 0 unspecified atom stereocenters. The Morgan fingerprint density at radius 2 is 1.88 bits per heavy atom. The molecule has 2 aliphatic rings. The smallest absolute Gasteiger partial charge is 0.224 e. The summed E-state index contributed by atoms with van der Waals surface area (Å²) in [5.74, 6) is 2.81. The lowest BCUT2D eigenvalue weighted by Crippen LogP contribution is -2.49. The van der Waals surface area contributed by atoms with Gasteiger partial charge in [0.2, 0.25) is 5.91 Å². The summed E-state index contributed by atoms with van der Waals surface area (Å²) < 4.78 is 2.09. The van der Waals surface area contributed by atoms with Crippen LogP contribution in [0.5, 0.6) is 0 Å². The second kappa shape index (κ2) is 7.79. The molecule has 0 radical (unpaired) electrons. The number of hydrogen-bond donors (Lipinski definition) is 0. The number of aromatic nitrogens is 2. The number of fused-ring (bicyclic) bond motifs is 1. The zero-order valence-corrected chi connectivity index (χ0v) is 15.5. The Bertz CT molecular complexity index is 717. The van der Waals surface area contributed by atoms with Crippen LogP contribution in [0, 0.1) is 0 Å². The Labute approximate surface area is 153 Å². The predicted octanol–water partition coefficient (Wildman–Crippen LogP) is 2.47. The van der Waals surface area contributed by atoms with Crippen molar-refractivity contribution in [3.8, 4) is 0 Å². The number of nitrogens with zero attached hydrogens (tertiary/aromatic N) is 4. The van der Waals surface area contributed by atoms with E-state index in [2.05, 4.69) is 37.2 Å². The summed E-state index contributed by atoms with van der Waals surface area (Å²) in [6.45, 7) is 4.98.